The molecule has 18 heavy (non-hydrogen) atoms. The van der Waals surface area contributed by atoms with E-state index in [-0.39, 0.29) is 10.4 Å². The molecule has 5 nitrogen and oxygen atoms in total. The first-order chi connectivity index (χ1) is 8.06. The minimum atomic E-state index is -3.64. The van der Waals surface area contributed by atoms with Crippen molar-refractivity contribution in [2.24, 2.45) is 0 Å². The van der Waals surface area contributed by atoms with Gasteiger partial charge in [-0.2, -0.15) is 4.31 Å². The minimum Gasteiger partial charge on any atom is -0.423 e. The molecule has 0 radical (unpaired) electrons. The molecule has 2 N–H and O–H groups in total. The first kappa shape index (κ1) is 15.2. The van der Waals surface area contributed by atoms with Gasteiger partial charge in [0.05, 0.1) is 4.90 Å². The second kappa shape index (κ2) is 5.01. The molecule has 0 bridgehead atoms. The van der Waals surface area contributed by atoms with E-state index in [1.165, 1.54) is 35.6 Å². The molecular weight excluding hydrogens is 253 g/mol. The van der Waals surface area contributed by atoms with Crippen molar-refractivity contribution < 1.29 is 18.5 Å². The van der Waals surface area contributed by atoms with Gasteiger partial charge in [0.25, 0.3) is 0 Å². The molecule has 0 aliphatic rings. The van der Waals surface area contributed by atoms with Crippen LogP contribution in [0.5, 0.6) is 0 Å². The Hall–Kier alpha value is -0.885. The minimum absolute atomic E-state index is 0.0468. The van der Waals surface area contributed by atoms with Crippen LogP contribution in [0.15, 0.2) is 29.2 Å². The normalized spacial score (nSPS) is 12.8. The summed E-state index contributed by atoms with van der Waals surface area (Å²) in [6, 6.07) is 5.64. The molecule has 0 amide bonds. The van der Waals surface area contributed by atoms with E-state index in [0.717, 1.165) is 0 Å². The highest BCUT2D eigenvalue weighted by molar-refractivity contribution is 7.89. The van der Waals surface area contributed by atoms with Crippen molar-refractivity contribution in [3.63, 3.8) is 0 Å². The molecule has 0 aromatic heterocycles. The zero-order valence-corrected chi connectivity index (χ0v) is 11.8. The summed E-state index contributed by atoms with van der Waals surface area (Å²) < 4.78 is 25.9. The second-order valence-electron chi connectivity index (χ2n) is 5.09. The highest BCUT2D eigenvalue weighted by atomic mass is 32.2. The summed E-state index contributed by atoms with van der Waals surface area (Å²) in [7, 11) is -3.82. The molecule has 0 unspecified atom stereocenters. The van der Waals surface area contributed by atoms with E-state index >= 15 is 0 Å². The number of hydrogen-bond donors (Lipinski definition) is 2. The van der Waals surface area contributed by atoms with E-state index in [9.17, 15) is 8.42 Å². The van der Waals surface area contributed by atoms with Gasteiger partial charge in [0, 0.05) is 12.6 Å². The topological polar surface area (TPSA) is 77.8 Å². The fourth-order valence-electron chi connectivity index (χ4n) is 1.35. The highest BCUT2D eigenvalue weighted by Gasteiger charge is 2.30. The van der Waals surface area contributed by atoms with Gasteiger partial charge in [0.15, 0.2) is 0 Å². The van der Waals surface area contributed by atoms with Crippen molar-refractivity contribution in [3.8, 4) is 0 Å². The summed E-state index contributed by atoms with van der Waals surface area (Å²) in [5.74, 6) is 0. The average molecular weight is 271 g/mol. The smallest absolute Gasteiger partial charge is 0.423 e. The van der Waals surface area contributed by atoms with Crippen LogP contribution in [0.1, 0.15) is 20.8 Å². The van der Waals surface area contributed by atoms with Crippen molar-refractivity contribution in [1.82, 2.24) is 4.31 Å². The fraction of sp³-hybridized carbons (Fsp3) is 0.455. The zero-order valence-electron chi connectivity index (χ0n) is 11.0. The van der Waals surface area contributed by atoms with Crippen molar-refractivity contribution in [3.05, 3.63) is 24.3 Å². The van der Waals surface area contributed by atoms with Gasteiger partial charge in [0.1, 0.15) is 0 Å². The number of hydrogen-bond acceptors (Lipinski definition) is 4. The van der Waals surface area contributed by atoms with E-state index < -0.39 is 22.7 Å². The average Bonchev–Trinajstić information content (AvgIpc) is 2.27. The summed E-state index contributed by atoms with van der Waals surface area (Å²) in [5, 5.41) is 18.1. The standard InChI is InChI=1S/C11H18BNO4S/c1-11(2,3)13(4)18(16,17)10-7-5-6-9(8-10)12(14)15/h5-8,14-15H,1-4H3. The Morgan fingerprint density at radius 1 is 1.22 bits per heavy atom. The SMILES string of the molecule is CN(C(C)(C)C)S(=O)(=O)c1cccc(B(O)O)c1. The predicted octanol–water partition coefficient (Wildman–Crippen LogP) is -0.215. The van der Waals surface area contributed by atoms with E-state index in [2.05, 4.69) is 0 Å². The lowest BCUT2D eigenvalue weighted by atomic mass is 9.80. The molecule has 7 heteroatoms. The Kier molecular flexibility index (Phi) is 4.22. The van der Waals surface area contributed by atoms with Crippen LogP contribution in [0.2, 0.25) is 0 Å². The quantitative estimate of drug-likeness (QED) is 0.745. The maximum Gasteiger partial charge on any atom is 0.488 e. The Bertz CT molecular complexity index is 522. The lowest BCUT2D eigenvalue weighted by molar-refractivity contribution is 0.292. The first-order valence-corrected chi connectivity index (χ1v) is 6.96. The maximum absolute atomic E-state index is 12.3. The van der Waals surface area contributed by atoms with Crippen molar-refractivity contribution >= 4 is 22.6 Å². The van der Waals surface area contributed by atoms with Gasteiger partial charge in [-0.3, -0.25) is 0 Å². The van der Waals surface area contributed by atoms with E-state index in [1.54, 1.807) is 20.8 Å². The largest absolute Gasteiger partial charge is 0.488 e. The van der Waals surface area contributed by atoms with Crippen LogP contribution in [0.3, 0.4) is 0 Å². The van der Waals surface area contributed by atoms with E-state index in [4.69, 9.17) is 10.0 Å². The van der Waals surface area contributed by atoms with Crippen LogP contribution in [-0.2, 0) is 10.0 Å². The van der Waals surface area contributed by atoms with Crippen LogP contribution in [0.4, 0.5) is 0 Å². The molecule has 0 fully saturated rings. The van der Waals surface area contributed by atoms with Crippen molar-refractivity contribution in [1.29, 1.82) is 0 Å². The number of nitrogens with zero attached hydrogens (tertiary/aromatic N) is 1. The second-order valence-corrected chi connectivity index (χ2v) is 7.06. The highest BCUT2D eigenvalue weighted by Crippen LogP contribution is 2.21. The summed E-state index contributed by atoms with van der Waals surface area (Å²) in [4.78, 5) is 0.0468. The molecule has 0 aliphatic heterocycles. The fourth-order valence-corrected chi connectivity index (χ4v) is 2.93. The van der Waals surface area contributed by atoms with Gasteiger partial charge >= 0.3 is 7.12 Å². The summed E-state index contributed by atoms with van der Waals surface area (Å²) in [6.07, 6.45) is 0. The monoisotopic (exact) mass is 271 g/mol. The van der Waals surface area contributed by atoms with Crippen molar-refractivity contribution in [2.75, 3.05) is 7.05 Å². The number of sulfonamides is 1. The third kappa shape index (κ3) is 3.11. The van der Waals surface area contributed by atoms with E-state index in [1.807, 2.05) is 0 Å². The van der Waals surface area contributed by atoms with Crippen LogP contribution < -0.4 is 5.46 Å². The molecule has 0 heterocycles. The molecule has 0 saturated carbocycles. The first-order valence-electron chi connectivity index (χ1n) is 5.52. The van der Waals surface area contributed by atoms with E-state index in [0.29, 0.717) is 0 Å². The molecule has 1 aromatic rings. The maximum atomic E-state index is 12.3. The lowest BCUT2D eigenvalue weighted by Gasteiger charge is -2.30. The molecule has 100 valence electrons. The molecule has 0 spiro atoms. The Morgan fingerprint density at radius 2 is 1.78 bits per heavy atom. The third-order valence-electron chi connectivity index (χ3n) is 2.76. The van der Waals surface area contributed by atoms with Gasteiger partial charge in [-0.15, -0.1) is 0 Å². The summed E-state index contributed by atoms with van der Waals surface area (Å²) in [6.45, 7) is 5.36. The summed E-state index contributed by atoms with van der Waals surface area (Å²) >= 11 is 0. The third-order valence-corrected chi connectivity index (χ3v) is 4.88. The van der Waals surface area contributed by atoms with Gasteiger partial charge in [-0.25, -0.2) is 8.42 Å². The Balaban J connectivity index is 3.25. The zero-order chi connectivity index (χ0) is 14.1. The van der Waals surface area contributed by atoms with Crippen LogP contribution in [0, 0.1) is 0 Å². The predicted molar refractivity (Wildman–Crippen MR) is 71.0 cm³/mol. The van der Waals surface area contributed by atoms with Crippen LogP contribution >= 0.6 is 0 Å². The Morgan fingerprint density at radius 3 is 2.22 bits per heavy atom. The molecule has 1 rings (SSSR count). The number of rotatable bonds is 3. The van der Waals surface area contributed by atoms with Gasteiger partial charge in [0.2, 0.25) is 10.0 Å². The van der Waals surface area contributed by atoms with Crippen LogP contribution in [-0.4, -0.2) is 42.5 Å². The van der Waals surface area contributed by atoms with Crippen LogP contribution in [0.25, 0.3) is 0 Å². The Labute approximate surface area is 108 Å². The molecule has 0 aliphatic carbocycles. The van der Waals surface area contributed by atoms with Gasteiger partial charge < -0.3 is 10.0 Å². The molecule has 0 saturated heterocycles. The van der Waals surface area contributed by atoms with Crippen molar-refractivity contribution in [2.45, 2.75) is 31.2 Å². The lowest BCUT2D eigenvalue weighted by Crippen LogP contribution is -2.42. The number of benzene rings is 1. The molecule has 1 aromatic carbocycles. The molecular formula is C11H18BNO4S. The molecule has 0 atom stereocenters. The van der Waals surface area contributed by atoms with Gasteiger partial charge in [-0.05, 0) is 38.4 Å². The van der Waals surface area contributed by atoms with Gasteiger partial charge in [-0.1, -0.05) is 12.1 Å². The summed E-state index contributed by atoms with van der Waals surface area (Å²) in [5.41, 5.74) is -0.398.